The van der Waals surface area contributed by atoms with E-state index in [1.165, 1.54) is 0 Å². The van der Waals surface area contributed by atoms with E-state index in [4.69, 9.17) is 0 Å². The van der Waals surface area contributed by atoms with Crippen molar-refractivity contribution in [3.63, 3.8) is 0 Å². The normalized spacial score (nSPS) is 10.2. The van der Waals surface area contributed by atoms with Gasteiger partial charge in [0.05, 0.1) is 6.33 Å². The van der Waals surface area contributed by atoms with Gasteiger partial charge < -0.3 is 9.88 Å². The summed E-state index contributed by atoms with van der Waals surface area (Å²) in [7, 11) is 0. The van der Waals surface area contributed by atoms with Crippen LogP contribution in [0.1, 0.15) is 15.9 Å². The lowest BCUT2D eigenvalue weighted by atomic mass is 10.1. The molecule has 2 aromatic rings. The average molecular weight is 229 g/mol. The molecule has 0 atom stereocenters. The van der Waals surface area contributed by atoms with Crippen LogP contribution in [0.15, 0.2) is 43.0 Å². The summed E-state index contributed by atoms with van der Waals surface area (Å²) in [5.74, 6) is -0.0335. The molecule has 0 aliphatic rings. The molecule has 4 heteroatoms. The van der Waals surface area contributed by atoms with Crippen molar-refractivity contribution in [2.45, 2.75) is 13.5 Å². The Hall–Kier alpha value is -2.10. The second-order valence-corrected chi connectivity index (χ2v) is 3.93. The third-order valence-electron chi connectivity index (χ3n) is 2.50. The molecule has 0 radical (unpaired) electrons. The highest BCUT2D eigenvalue weighted by Crippen LogP contribution is 2.03. The smallest absolute Gasteiger partial charge is 0.251 e. The van der Waals surface area contributed by atoms with Crippen molar-refractivity contribution in [2.75, 3.05) is 6.54 Å². The molecule has 1 N–H and O–H groups in total. The van der Waals surface area contributed by atoms with Crippen LogP contribution in [-0.4, -0.2) is 22.0 Å². The summed E-state index contributed by atoms with van der Waals surface area (Å²) >= 11 is 0. The van der Waals surface area contributed by atoms with Gasteiger partial charge in [-0.25, -0.2) is 4.98 Å². The highest BCUT2D eigenvalue weighted by atomic mass is 16.1. The van der Waals surface area contributed by atoms with Crippen LogP contribution in [0.2, 0.25) is 0 Å². The minimum atomic E-state index is -0.0335. The van der Waals surface area contributed by atoms with Gasteiger partial charge in [-0.2, -0.15) is 0 Å². The first-order chi connectivity index (χ1) is 8.25. The van der Waals surface area contributed by atoms with E-state index >= 15 is 0 Å². The van der Waals surface area contributed by atoms with Gasteiger partial charge in [0.2, 0.25) is 0 Å². The molecule has 0 aliphatic heterocycles. The van der Waals surface area contributed by atoms with Gasteiger partial charge in [0.1, 0.15) is 0 Å². The number of amides is 1. The first kappa shape index (κ1) is 11.4. The molecule has 17 heavy (non-hydrogen) atoms. The minimum Gasteiger partial charge on any atom is -0.350 e. The average Bonchev–Trinajstić information content (AvgIpc) is 2.82. The summed E-state index contributed by atoms with van der Waals surface area (Å²) < 4.78 is 1.93. The van der Waals surface area contributed by atoms with Gasteiger partial charge in [0.15, 0.2) is 0 Å². The molecule has 0 fully saturated rings. The van der Waals surface area contributed by atoms with E-state index in [1.807, 2.05) is 42.0 Å². The number of imidazole rings is 1. The van der Waals surface area contributed by atoms with E-state index < -0.39 is 0 Å². The van der Waals surface area contributed by atoms with Crippen molar-refractivity contribution >= 4 is 5.91 Å². The van der Waals surface area contributed by atoms with Gasteiger partial charge >= 0.3 is 0 Å². The monoisotopic (exact) mass is 229 g/mol. The van der Waals surface area contributed by atoms with E-state index in [1.54, 1.807) is 12.5 Å². The number of hydrogen-bond donors (Lipinski definition) is 1. The highest BCUT2D eigenvalue weighted by molar-refractivity contribution is 5.94. The second-order valence-electron chi connectivity index (χ2n) is 3.93. The van der Waals surface area contributed by atoms with Gasteiger partial charge in [0, 0.05) is 31.0 Å². The lowest BCUT2D eigenvalue weighted by Crippen LogP contribution is -2.26. The van der Waals surface area contributed by atoms with Crippen LogP contribution < -0.4 is 5.32 Å². The number of rotatable bonds is 4. The van der Waals surface area contributed by atoms with Crippen LogP contribution in [0.4, 0.5) is 0 Å². The van der Waals surface area contributed by atoms with Crippen LogP contribution in [0.25, 0.3) is 0 Å². The largest absolute Gasteiger partial charge is 0.350 e. The Bertz CT molecular complexity index is 491. The van der Waals surface area contributed by atoms with Crippen molar-refractivity contribution < 1.29 is 4.79 Å². The first-order valence-electron chi connectivity index (χ1n) is 5.56. The van der Waals surface area contributed by atoms with Gasteiger partial charge in [-0.15, -0.1) is 0 Å². The topological polar surface area (TPSA) is 46.9 Å². The molecule has 4 nitrogen and oxygen atoms in total. The molecule has 0 bridgehead atoms. The predicted octanol–water partition coefficient (Wildman–Crippen LogP) is 1.62. The molecule has 1 heterocycles. The SMILES string of the molecule is Cc1cccc(C(=O)NCCn2ccnc2)c1. The first-order valence-corrected chi connectivity index (χ1v) is 5.56. The molecule has 0 aliphatic carbocycles. The summed E-state index contributed by atoms with van der Waals surface area (Å²) in [6, 6.07) is 7.56. The molecule has 1 aromatic heterocycles. The Labute approximate surface area is 100 Å². The van der Waals surface area contributed by atoms with Gasteiger partial charge in [0.25, 0.3) is 5.91 Å². The Balaban J connectivity index is 1.85. The zero-order chi connectivity index (χ0) is 12.1. The molecule has 0 saturated carbocycles. The molecule has 2 rings (SSSR count). The van der Waals surface area contributed by atoms with Crippen LogP contribution >= 0.6 is 0 Å². The van der Waals surface area contributed by atoms with E-state index in [0.717, 1.165) is 12.1 Å². The summed E-state index contributed by atoms with van der Waals surface area (Å²) in [5, 5.41) is 2.88. The second kappa shape index (κ2) is 5.30. The van der Waals surface area contributed by atoms with Crippen LogP contribution in [-0.2, 0) is 6.54 Å². The number of nitrogens with zero attached hydrogens (tertiary/aromatic N) is 2. The quantitative estimate of drug-likeness (QED) is 0.866. The molecule has 0 saturated heterocycles. The molecule has 0 spiro atoms. The van der Waals surface area contributed by atoms with Crippen LogP contribution in [0, 0.1) is 6.92 Å². The lowest BCUT2D eigenvalue weighted by molar-refractivity contribution is 0.0952. The maximum Gasteiger partial charge on any atom is 0.251 e. The Morgan fingerprint density at radius 2 is 2.35 bits per heavy atom. The Morgan fingerprint density at radius 1 is 1.47 bits per heavy atom. The number of benzene rings is 1. The van der Waals surface area contributed by atoms with E-state index in [2.05, 4.69) is 10.3 Å². The fraction of sp³-hybridized carbons (Fsp3) is 0.231. The third kappa shape index (κ3) is 3.17. The fourth-order valence-electron chi connectivity index (χ4n) is 1.61. The summed E-state index contributed by atoms with van der Waals surface area (Å²) in [4.78, 5) is 15.7. The van der Waals surface area contributed by atoms with Gasteiger partial charge in [-0.3, -0.25) is 4.79 Å². The maximum absolute atomic E-state index is 11.8. The summed E-state index contributed by atoms with van der Waals surface area (Å²) in [6.07, 6.45) is 5.33. The maximum atomic E-state index is 11.8. The molecule has 88 valence electrons. The lowest BCUT2D eigenvalue weighted by Gasteiger charge is -2.06. The number of nitrogens with one attached hydrogen (secondary N) is 1. The Kier molecular flexibility index (Phi) is 3.55. The van der Waals surface area contributed by atoms with Crippen LogP contribution in [0.3, 0.4) is 0 Å². The van der Waals surface area contributed by atoms with E-state index in [0.29, 0.717) is 12.1 Å². The zero-order valence-corrected chi connectivity index (χ0v) is 9.76. The molecule has 1 amide bonds. The highest BCUT2D eigenvalue weighted by Gasteiger charge is 2.03. The van der Waals surface area contributed by atoms with Crippen molar-refractivity contribution in [3.05, 3.63) is 54.1 Å². The number of carbonyl (C=O) groups excluding carboxylic acids is 1. The number of hydrogen-bond acceptors (Lipinski definition) is 2. The van der Waals surface area contributed by atoms with Crippen LogP contribution in [0.5, 0.6) is 0 Å². The van der Waals surface area contributed by atoms with Crippen molar-refractivity contribution in [3.8, 4) is 0 Å². The third-order valence-corrected chi connectivity index (χ3v) is 2.50. The summed E-state index contributed by atoms with van der Waals surface area (Å²) in [6.45, 7) is 3.31. The van der Waals surface area contributed by atoms with Crippen molar-refractivity contribution in [1.29, 1.82) is 0 Å². The molecular formula is C13H15N3O. The van der Waals surface area contributed by atoms with Crippen molar-refractivity contribution in [1.82, 2.24) is 14.9 Å². The number of aromatic nitrogens is 2. The summed E-state index contributed by atoms with van der Waals surface area (Å²) in [5.41, 5.74) is 1.79. The Morgan fingerprint density at radius 3 is 3.06 bits per heavy atom. The van der Waals surface area contributed by atoms with Gasteiger partial charge in [-0.1, -0.05) is 17.7 Å². The number of carbonyl (C=O) groups is 1. The predicted molar refractivity (Wildman–Crippen MR) is 65.7 cm³/mol. The van der Waals surface area contributed by atoms with E-state index in [9.17, 15) is 4.79 Å². The fourth-order valence-corrected chi connectivity index (χ4v) is 1.61. The zero-order valence-electron chi connectivity index (χ0n) is 9.76. The number of aryl methyl sites for hydroxylation is 1. The van der Waals surface area contributed by atoms with Crippen molar-refractivity contribution in [2.24, 2.45) is 0 Å². The minimum absolute atomic E-state index is 0.0335. The molecular weight excluding hydrogens is 214 g/mol. The van der Waals surface area contributed by atoms with E-state index in [-0.39, 0.29) is 5.91 Å². The molecule has 0 unspecified atom stereocenters. The molecule has 1 aromatic carbocycles. The van der Waals surface area contributed by atoms with Gasteiger partial charge in [-0.05, 0) is 19.1 Å². The standard InChI is InChI=1S/C13H15N3O/c1-11-3-2-4-12(9-11)13(17)15-6-8-16-7-5-14-10-16/h2-5,7,9-10H,6,8H2,1H3,(H,15,17).